The van der Waals surface area contributed by atoms with Crippen LogP contribution in [0.3, 0.4) is 0 Å². The number of hydrogen-bond acceptors (Lipinski definition) is 1. The standard InChI is InChI=1S/C11H10O/c1-3-9-8(2)12-11-7-5-4-6-10(9)11/h3-7H,2H2,1H3. The van der Waals surface area contributed by atoms with Crippen LogP contribution in [-0.4, -0.2) is 0 Å². The maximum absolute atomic E-state index is 5.45. The molecule has 2 rings (SSSR count). The van der Waals surface area contributed by atoms with Crippen LogP contribution in [0, 0.1) is 0 Å². The third-order valence-corrected chi connectivity index (χ3v) is 2.00. The van der Waals surface area contributed by atoms with Crippen molar-refractivity contribution in [1.82, 2.24) is 0 Å². The minimum atomic E-state index is 0.749. The molecule has 0 amide bonds. The van der Waals surface area contributed by atoms with Crippen LogP contribution < -0.4 is 10.6 Å². The fourth-order valence-corrected chi connectivity index (χ4v) is 1.43. The monoisotopic (exact) mass is 158 g/mol. The number of fused-ring (bicyclic) bond motifs is 1. The fourth-order valence-electron chi connectivity index (χ4n) is 1.43. The second-order valence-corrected chi connectivity index (χ2v) is 2.72. The van der Waals surface area contributed by atoms with E-state index in [1.54, 1.807) is 0 Å². The Morgan fingerprint density at radius 2 is 2.08 bits per heavy atom. The van der Waals surface area contributed by atoms with Crippen LogP contribution in [0.2, 0.25) is 0 Å². The molecule has 0 radical (unpaired) electrons. The van der Waals surface area contributed by atoms with Gasteiger partial charge in [0.25, 0.3) is 0 Å². The first-order valence-corrected chi connectivity index (χ1v) is 3.96. The van der Waals surface area contributed by atoms with Gasteiger partial charge in [-0.05, 0) is 13.0 Å². The minimum absolute atomic E-state index is 0.749. The molecule has 0 aliphatic carbocycles. The largest absolute Gasteiger partial charge is 0.457 e. The van der Waals surface area contributed by atoms with Crippen LogP contribution in [0.15, 0.2) is 28.7 Å². The second kappa shape index (κ2) is 2.52. The van der Waals surface area contributed by atoms with Crippen molar-refractivity contribution in [3.8, 4) is 0 Å². The molecule has 0 unspecified atom stereocenters. The molecule has 0 bridgehead atoms. The van der Waals surface area contributed by atoms with Crippen molar-refractivity contribution in [3.63, 3.8) is 0 Å². The zero-order valence-electron chi connectivity index (χ0n) is 7.00. The lowest BCUT2D eigenvalue weighted by Crippen LogP contribution is -2.16. The van der Waals surface area contributed by atoms with Gasteiger partial charge >= 0.3 is 0 Å². The molecule has 1 heteroatoms. The molecular weight excluding hydrogens is 148 g/mol. The first-order valence-electron chi connectivity index (χ1n) is 3.96. The zero-order valence-corrected chi connectivity index (χ0v) is 7.00. The van der Waals surface area contributed by atoms with E-state index in [1.807, 2.05) is 37.3 Å². The predicted octanol–water partition coefficient (Wildman–Crippen LogP) is 1.64. The van der Waals surface area contributed by atoms with Crippen LogP contribution in [0.25, 0.3) is 23.6 Å². The summed E-state index contributed by atoms with van der Waals surface area (Å²) in [5, 5.41) is 2.25. The quantitative estimate of drug-likeness (QED) is 0.568. The average molecular weight is 158 g/mol. The second-order valence-electron chi connectivity index (χ2n) is 2.72. The van der Waals surface area contributed by atoms with Gasteiger partial charge in [0.15, 0.2) is 0 Å². The van der Waals surface area contributed by atoms with Gasteiger partial charge in [-0.2, -0.15) is 0 Å². The SMILES string of the molecule is C=c1oc2ccccc2c1=CC. The van der Waals surface area contributed by atoms with Crippen molar-refractivity contribution in [3.05, 3.63) is 34.9 Å². The summed E-state index contributed by atoms with van der Waals surface area (Å²) in [7, 11) is 0. The van der Waals surface area contributed by atoms with Crippen molar-refractivity contribution < 1.29 is 4.42 Å². The van der Waals surface area contributed by atoms with Gasteiger partial charge in [-0.3, -0.25) is 0 Å². The van der Waals surface area contributed by atoms with E-state index >= 15 is 0 Å². The van der Waals surface area contributed by atoms with E-state index in [0.717, 1.165) is 21.6 Å². The van der Waals surface area contributed by atoms with E-state index in [4.69, 9.17) is 4.42 Å². The topological polar surface area (TPSA) is 13.1 Å². The molecule has 1 aromatic heterocycles. The molecule has 0 saturated heterocycles. The van der Waals surface area contributed by atoms with Gasteiger partial charge in [-0.1, -0.05) is 30.9 Å². The first-order chi connectivity index (χ1) is 5.83. The lowest BCUT2D eigenvalue weighted by Gasteiger charge is -1.82. The minimum Gasteiger partial charge on any atom is -0.457 e. The van der Waals surface area contributed by atoms with E-state index in [9.17, 15) is 0 Å². The molecule has 0 N–H and O–H groups in total. The highest BCUT2D eigenvalue weighted by Gasteiger charge is 1.97. The van der Waals surface area contributed by atoms with Gasteiger partial charge < -0.3 is 4.42 Å². The van der Waals surface area contributed by atoms with E-state index in [-0.39, 0.29) is 0 Å². The lowest BCUT2D eigenvalue weighted by molar-refractivity contribution is 0.577. The smallest absolute Gasteiger partial charge is 0.135 e. The van der Waals surface area contributed by atoms with Gasteiger partial charge in [-0.25, -0.2) is 0 Å². The molecular formula is C11H10O. The number of rotatable bonds is 0. The normalized spacial score (nSPS) is 12.6. The van der Waals surface area contributed by atoms with Gasteiger partial charge in [0.1, 0.15) is 11.0 Å². The molecule has 60 valence electrons. The highest BCUT2D eigenvalue weighted by molar-refractivity contribution is 5.78. The molecule has 0 fully saturated rings. The van der Waals surface area contributed by atoms with Crippen LogP contribution in [0.5, 0.6) is 0 Å². The van der Waals surface area contributed by atoms with Crippen LogP contribution in [0.4, 0.5) is 0 Å². The van der Waals surface area contributed by atoms with Gasteiger partial charge in [-0.15, -0.1) is 0 Å². The maximum Gasteiger partial charge on any atom is 0.135 e. The van der Waals surface area contributed by atoms with Crippen molar-refractivity contribution in [2.75, 3.05) is 0 Å². The number of furan rings is 1. The van der Waals surface area contributed by atoms with E-state index < -0.39 is 0 Å². The van der Waals surface area contributed by atoms with Crippen LogP contribution >= 0.6 is 0 Å². The van der Waals surface area contributed by atoms with Gasteiger partial charge in [0, 0.05) is 10.6 Å². The van der Waals surface area contributed by atoms with Crippen molar-refractivity contribution in [1.29, 1.82) is 0 Å². The summed E-state index contributed by atoms with van der Waals surface area (Å²) >= 11 is 0. The zero-order chi connectivity index (χ0) is 8.55. The third kappa shape index (κ3) is 0.866. The van der Waals surface area contributed by atoms with Crippen molar-refractivity contribution in [2.45, 2.75) is 6.92 Å². The highest BCUT2D eigenvalue weighted by Crippen LogP contribution is 2.05. The van der Waals surface area contributed by atoms with E-state index in [1.165, 1.54) is 0 Å². The molecule has 1 aromatic carbocycles. The summed E-state index contributed by atoms with van der Waals surface area (Å²) in [5.41, 5.74) is 1.66. The van der Waals surface area contributed by atoms with Crippen LogP contribution in [0.1, 0.15) is 6.92 Å². The Hall–Kier alpha value is -1.50. The Morgan fingerprint density at radius 1 is 1.33 bits per heavy atom. The molecule has 0 aliphatic heterocycles. The number of benzene rings is 1. The summed E-state index contributed by atoms with van der Waals surface area (Å²) < 4.78 is 5.45. The van der Waals surface area contributed by atoms with Gasteiger partial charge in [0.2, 0.25) is 0 Å². The van der Waals surface area contributed by atoms with Gasteiger partial charge in [0.05, 0.1) is 0 Å². The van der Waals surface area contributed by atoms with Crippen LogP contribution in [-0.2, 0) is 0 Å². The molecule has 0 spiro atoms. The Labute approximate surface area is 70.6 Å². The van der Waals surface area contributed by atoms with Crippen molar-refractivity contribution in [2.24, 2.45) is 0 Å². The Kier molecular flexibility index (Phi) is 1.51. The van der Waals surface area contributed by atoms with Crippen molar-refractivity contribution >= 4 is 23.6 Å². The predicted molar refractivity (Wildman–Crippen MR) is 51.1 cm³/mol. The Balaban J connectivity index is 3.12. The molecule has 2 aromatic rings. The molecule has 12 heavy (non-hydrogen) atoms. The Morgan fingerprint density at radius 3 is 2.83 bits per heavy atom. The van der Waals surface area contributed by atoms with E-state index in [2.05, 4.69) is 6.58 Å². The van der Waals surface area contributed by atoms with E-state index in [0.29, 0.717) is 0 Å². The third-order valence-electron chi connectivity index (χ3n) is 2.00. The lowest BCUT2D eigenvalue weighted by atomic mass is 10.2. The summed E-state index contributed by atoms with van der Waals surface area (Å²) in [6.45, 7) is 5.82. The maximum atomic E-state index is 5.45. The first kappa shape index (κ1) is 7.17. The number of hydrogen-bond donors (Lipinski definition) is 0. The molecule has 0 aliphatic rings. The fraction of sp³-hybridized carbons (Fsp3) is 0.0909. The summed E-state index contributed by atoms with van der Waals surface area (Å²) in [6.07, 6.45) is 2.02. The average Bonchev–Trinajstić information content (AvgIpc) is 2.40. The summed E-state index contributed by atoms with van der Waals surface area (Å²) in [4.78, 5) is 0. The molecule has 0 saturated carbocycles. The summed E-state index contributed by atoms with van der Waals surface area (Å²) in [6, 6.07) is 7.97. The molecule has 0 atom stereocenters. The summed E-state index contributed by atoms with van der Waals surface area (Å²) in [5.74, 6) is 0. The Bertz CT molecular complexity index is 505. The number of para-hydroxylation sites is 1. The molecule has 1 heterocycles. The molecule has 1 nitrogen and oxygen atoms in total. The highest BCUT2D eigenvalue weighted by atomic mass is 16.3.